The Morgan fingerprint density at radius 1 is 1.33 bits per heavy atom. The average Bonchev–Trinajstić information content (AvgIpc) is 2.70. The van der Waals surface area contributed by atoms with E-state index in [1.54, 1.807) is 6.07 Å². The van der Waals surface area contributed by atoms with Crippen molar-refractivity contribution in [2.45, 2.75) is 26.9 Å². The van der Waals surface area contributed by atoms with E-state index in [1.165, 1.54) is 0 Å². The number of hydrogen-bond donors (Lipinski definition) is 1. The smallest absolute Gasteiger partial charge is 0.138 e. The Hall–Kier alpha value is -2.12. The molecule has 1 aromatic carbocycles. The minimum absolute atomic E-state index is 0.687. The second-order valence-corrected chi connectivity index (χ2v) is 4.22. The molecule has 0 aliphatic rings. The van der Waals surface area contributed by atoms with Crippen LogP contribution in [0.5, 0.6) is 0 Å². The van der Waals surface area contributed by atoms with Crippen molar-refractivity contribution in [2.24, 2.45) is 0 Å². The van der Waals surface area contributed by atoms with Crippen LogP contribution in [0.2, 0.25) is 0 Å². The highest BCUT2D eigenvalue weighted by atomic mass is 16.5. The highest BCUT2D eigenvalue weighted by Gasteiger charge is 2.07. The predicted octanol–water partition coefficient (Wildman–Crippen LogP) is 2.45. The van der Waals surface area contributed by atoms with Crippen molar-refractivity contribution in [1.82, 2.24) is 10.5 Å². The third-order valence-electron chi connectivity index (χ3n) is 2.87. The maximum Gasteiger partial charge on any atom is 0.138 e. The molecule has 0 fully saturated rings. The number of nitrogens with one attached hydrogen (secondary N) is 1. The zero-order chi connectivity index (χ0) is 13.0. The highest BCUT2D eigenvalue weighted by Crippen LogP contribution is 2.12. The Balaban J connectivity index is 1.95. The molecule has 0 bridgehead atoms. The summed E-state index contributed by atoms with van der Waals surface area (Å²) < 4.78 is 5.10. The Kier molecular flexibility index (Phi) is 3.75. The highest BCUT2D eigenvalue weighted by molar-refractivity contribution is 5.32. The third kappa shape index (κ3) is 2.76. The number of aromatic nitrogens is 1. The Morgan fingerprint density at radius 3 is 2.83 bits per heavy atom. The van der Waals surface area contributed by atoms with E-state index in [0.717, 1.165) is 35.7 Å². The molecule has 1 heterocycles. The molecular weight excluding hydrogens is 226 g/mol. The van der Waals surface area contributed by atoms with Crippen LogP contribution in [-0.4, -0.2) is 5.16 Å². The number of nitriles is 1. The second kappa shape index (κ2) is 5.48. The van der Waals surface area contributed by atoms with Gasteiger partial charge in [0.15, 0.2) is 0 Å². The van der Waals surface area contributed by atoms with E-state index in [2.05, 4.69) is 16.5 Å². The fourth-order valence-electron chi connectivity index (χ4n) is 1.84. The molecule has 4 heteroatoms. The van der Waals surface area contributed by atoms with E-state index in [4.69, 9.17) is 9.78 Å². The first kappa shape index (κ1) is 12.3. The predicted molar refractivity (Wildman–Crippen MR) is 67.7 cm³/mol. The van der Waals surface area contributed by atoms with E-state index in [9.17, 15) is 0 Å². The van der Waals surface area contributed by atoms with Gasteiger partial charge in [-0.2, -0.15) is 5.26 Å². The Bertz CT molecular complexity index is 561. The second-order valence-electron chi connectivity index (χ2n) is 4.22. The van der Waals surface area contributed by atoms with Crippen molar-refractivity contribution in [1.29, 1.82) is 5.26 Å². The number of aryl methyl sites for hydroxylation is 2. The largest absolute Gasteiger partial charge is 0.361 e. The van der Waals surface area contributed by atoms with Crippen LogP contribution in [0.1, 0.15) is 28.1 Å². The van der Waals surface area contributed by atoms with E-state index in [1.807, 2.05) is 32.0 Å². The van der Waals surface area contributed by atoms with Crippen LogP contribution in [0.15, 0.2) is 28.8 Å². The molecule has 4 nitrogen and oxygen atoms in total. The van der Waals surface area contributed by atoms with Crippen LogP contribution >= 0.6 is 0 Å². The molecule has 2 rings (SSSR count). The van der Waals surface area contributed by atoms with Gasteiger partial charge < -0.3 is 9.84 Å². The van der Waals surface area contributed by atoms with E-state index in [-0.39, 0.29) is 0 Å². The van der Waals surface area contributed by atoms with Crippen molar-refractivity contribution < 1.29 is 4.52 Å². The van der Waals surface area contributed by atoms with Gasteiger partial charge in [-0.05, 0) is 31.5 Å². The molecule has 0 unspecified atom stereocenters. The van der Waals surface area contributed by atoms with E-state index in [0.29, 0.717) is 5.56 Å². The van der Waals surface area contributed by atoms with Crippen molar-refractivity contribution in [2.75, 3.05) is 0 Å². The van der Waals surface area contributed by atoms with Gasteiger partial charge in [0.25, 0.3) is 0 Å². The molecular formula is C14H15N3O. The molecule has 0 aliphatic carbocycles. The van der Waals surface area contributed by atoms with Crippen LogP contribution < -0.4 is 5.32 Å². The molecule has 0 aliphatic heterocycles. The monoisotopic (exact) mass is 241 g/mol. The van der Waals surface area contributed by atoms with Crippen LogP contribution in [0.25, 0.3) is 0 Å². The van der Waals surface area contributed by atoms with Gasteiger partial charge in [-0.1, -0.05) is 17.3 Å². The number of hydrogen-bond acceptors (Lipinski definition) is 4. The van der Waals surface area contributed by atoms with Crippen molar-refractivity contribution in [3.05, 3.63) is 52.4 Å². The van der Waals surface area contributed by atoms with Crippen LogP contribution in [0, 0.1) is 25.2 Å². The summed E-state index contributed by atoms with van der Waals surface area (Å²) in [7, 11) is 0. The standard InChI is InChI=1S/C14H15N3O/c1-10-14(11(2)18-17-10)9-16-8-13-5-3-4-12(6-13)7-15/h3-6,16H,8-9H2,1-2H3. The summed E-state index contributed by atoms with van der Waals surface area (Å²) in [5.74, 6) is 0.853. The van der Waals surface area contributed by atoms with Gasteiger partial charge >= 0.3 is 0 Å². The zero-order valence-electron chi connectivity index (χ0n) is 10.5. The third-order valence-corrected chi connectivity index (χ3v) is 2.87. The maximum atomic E-state index is 8.82. The molecule has 0 saturated carbocycles. The number of nitrogens with zero attached hydrogens (tertiary/aromatic N) is 2. The van der Waals surface area contributed by atoms with Crippen LogP contribution in [-0.2, 0) is 13.1 Å². The summed E-state index contributed by atoms with van der Waals surface area (Å²) in [6, 6.07) is 9.72. The number of rotatable bonds is 4. The summed E-state index contributed by atoms with van der Waals surface area (Å²) in [5, 5.41) is 16.1. The van der Waals surface area contributed by atoms with E-state index < -0.39 is 0 Å². The lowest BCUT2D eigenvalue weighted by atomic mass is 10.1. The van der Waals surface area contributed by atoms with Crippen LogP contribution in [0.4, 0.5) is 0 Å². The van der Waals surface area contributed by atoms with Gasteiger partial charge in [-0.15, -0.1) is 0 Å². The first-order valence-electron chi connectivity index (χ1n) is 5.82. The maximum absolute atomic E-state index is 8.82. The van der Waals surface area contributed by atoms with Crippen LogP contribution in [0.3, 0.4) is 0 Å². The fourth-order valence-corrected chi connectivity index (χ4v) is 1.84. The lowest BCUT2D eigenvalue weighted by molar-refractivity contribution is 0.392. The van der Waals surface area contributed by atoms with Gasteiger partial charge in [0, 0.05) is 18.7 Å². The lowest BCUT2D eigenvalue weighted by Crippen LogP contribution is -2.13. The summed E-state index contributed by atoms with van der Waals surface area (Å²) in [4.78, 5) is 0. The summed E-state index contributed by atoms with van der Waals surface area (Å²) >= 11 is 0. The number of benzene rings is 1. The van der Waals surface area contributed by atoms with E-state index >= 15 is 0 Å². The van der Waals surface area contributed by atoms with Gasteiger partial charge in [0.1, 0.15) is 5.76 Å². The molecule has 0 atom stereocenters. The van der Waals surface area contributed by atoms with Crippen molar-refractivity contribution in [3.8, 4) is 6.07 Å². The Labute approximate surface area is 106 Å². The lowest BCUT2D eigenvalue weighted by Gasteiger charge is -2.04. The molecule has 92 valence electrons. The zero-order valence-corrected chi connectivity index (χ0v) is 10.5. The SMILES string of the molecule is Cc1noc(C)c1CNCc1cccc(C#N)c1. The molecule has 0 spiro atoms. The normalized spacial score (nSPS) is 10.3. The van der Waals surface area contributed by atoms with Gasteiger partial charge in [-0.25, -0.2) is 0 Å². The first-order valence-corrected chi connectivity index (χ1v) is 5.82. The molecule has 0 radical (unpaired) electrons. The first-order chi connectivity index (χ1) is 8.70. The molecule has 0 amide bonds. The summed E-state index contributed by atoms with van der Waals surface area (Å²) in [5.41, 5.74) is 3.81. The quantitative estimate of drug-likeness (QED) is 0.893. The average molecular weight is 241 g/mol. The van der Waals surface area contributed by atoms with Crippen molar-refractivity contribution >= 4 is 0 Å². The van der Waals surface area contributed by atoms with Gasteiger partial charge in [0.05, 0.1) is 17.3 Å². The van der Waals surface area contributed by atoms with Gasteiger partial charge in [0.2, 0.25) is 0 Å². The molecule has 18 heavy (non-hydrogen) atoms. The van der Waals surface area contributed by atoms with Gasteiger partial charge in [-0.3, -0.25) is 0 Å². The van der Waals surface area contributed by atoms with Crippen molar-refractivity contribution in [3.63, 3.8) is 0 Å². The molecule has 0 saturated heterocycles. The summed E-state index contributed by atoms with van der Waals surface area (Å²) in [6.45, 7) is 5.29. The molecule has 1 N–H and O–H groups in total. The molecule has 1 aromatic heterocycles. The Morgan fingerprint density at radius 2 is 2.17 bits per heavy atom. The fraction of sp³-hybridized carbons (Fsp3) is 0.286. The topological polar surface area (TPSA) is 61.9 Å². The summed E-state index contributed by atoms with van der Waals surface area (Å²) in [6.07, 6.45) is 0. The minimum atomic E-state index is 0.687. The minimum Gasteiger partial charge on any atom is -0.361 e. The molecule has 2 aromatic rings.